The lowest BCUT2D eigenvalue weighted by Crippen LogP contribution is -2.32. The van der Waals surface area contributed by atoms with E-state index in [4.69, 9.17) is 18.6 Å². The van der Waals surface area contributed by atoms with Gasteiger partial charge >= 0.3 is 0 Å². The number of nitrogens with zero attached hydrogens (tertiary/aromatic N) is 3. The largest absolute Gasteiger partial charge is 0.503 e. The molecule has 220 valence electrons. The lowest BCUT2D eigenvalue weighted by atomic mass is 9.94. The van der Waals surface area contributed by atoms with Crippen LogP contribution in [0.1, 0.15) is 48.8 Å². The second-order valence-electron chi connectivity index (χ2n) is 10.6. The third-order valence-electron chi connectivity index (χ3n) is 7.33. The predicted molar refractivity (Wildman–Crippen MR) is 156 cm³/mol. The SMILES string of the molecule is COc1cc(C2C(C(=O)c3cc4cccc(OC)c4o3)=C(O)C(=O)N2CCCn2ccnc2)ccc1OCCC(C)C. The van der Waals surface area contributed by atoms with E-state index in [1.165, 1.54) is 19.1 Å². The normalized spacial score (nSPS) is 15.2. The minimum atomic E-state index is -0.874. The molecule has 0 fully saturated rings. The summed E-state index contributed by atoms with van der Waals surface area (Å²) in [7, 11) is 3.06. The van der Waals surface area contributed by atoms with Crippen molar-refractivity contribution < 1.29 is 33.3 Å². The number of fused-ring (bicyclic) bond motifs is 1. The quantitative estimate of drug-likeness (QED) is 0.201. The van der Waals surface area contributed by atoms with Crippen LogP contribution in [-0.2, 0) is 11.3 Å². The van der Waals surface area contributed by atoms with Crippen molar-refractivity contribution in [2.24, 2.45) is 5.92 Å². The van der Waals surface area contributed by atoms with E-state index in [1.54, 1.807) is 55.0 Å². The van der Waals surface area contributed by atoms with Gasteiger partial charge in [0.15, 0.2) is 34.4 Å². The Bertz CT molecular complexity index is 1600. The minimum absolute atomic E-state index is 0.00489. The molecule has 10 nitrogen and oxygen atoms in total. The zero-order valence-electron chi connectivity index (χ0n) is 24.2. The average molecular weight is 574 g/mol. The van der Waals surface area contributed by atoms with Gasteiger partial charge in [0.25, 0.3) is 5.91 Å². The zero-order chi connectivity index (χ0) is 29.8. The summed E-state index contributed by atoms with van der Waals surface area (Å²) in [6, 6.07) is 11.4. The van der Waals surface area contributed by atoms with E-state index < -0.39 is 23.5 Å². The van der Waals surface area contributed by atoms with Gasteiger partial charge < -0.3 is 33.2 Å². The second kappa shape index (κ2) is 12.4. The molecule has 0 radical (unpaired) electrons. The number of ketones is 1. The monoisotopic (exact) mass is 573 g/mol. The van der Waals surface area contributed by atoms with E-state index in [0.29, 0.717) is 59.3 Å². The third-order valence-corrected chi connectivity index (χ3v) is 7.33. The summed E-state index contributed by atoms with van der Waals surface area (Å²) >= 11 is 0. The van der Waals surface area contributed by atoms with E-state index in [1.807, 2.05) is 10.8 Å². The first-order chi connectivity index (χ1) is 20.3. The summed E-state index contributed by atoms with van der Waals surface area (Å²) in [5.74, 6) is 0.165. The maximum Gasteiger partial charge on any atom is 0.290 e. The number of benzene rings is 2. The Morgan fingerprint density at radius 3 is 2.60 bits per heavy atom. The van der Waals surface area contributed by atoms with Gasteiger partial charge in [0.2, 0.25) is 5.78 Å². The third kappa shape index (κ3) is 5.70. The van der Waals surface area contributed by atoms with Crippen LogP contribution in [0.5, 0.6) is 17.2 Å². The van der Waals surface area contributed by atoms with E-state index in [-0.39, 0.29) is 17.9 Å². The van der Waals surface area contributed by atoms with Crippen LogP contribution in [0.3, 0.4) is 0 Å². The van der Waals surface area contributed by atoms with Crippen molar-refractivity contribution >= 4 is 22.7 Å². The summed E-state index contributed by atoms with van der Waals surface area (Å²) in [5.41, 5.74) is 0.947. The predicted octanol–water partition coefficient (Wildman–Crippen LogP) is 5.74. The molecule has 10 heteroatoms. The molecule has 0 bridgehead atoms. The minimum Gasteiger partial charge on any atom is -0.503 e. The van der Waals surface area contributed by atoms with Crippen LogP contribution in [0, 0.1) is 5.92 Å². The van der Waals surface area contributed by atoms with Gasteiger partial charge in [-0.2, -0.15) is 0 Å². The molecule has 5 rings (SSSR count). The summed E-state index contributed by atoms with van der Waals surface area (Å²) in [6.45, 7) is 5.66. The molecule has 1 aliphatic rings. The summed E-state index contributed by atoms with van der Waals surface area (Å²) in [5, 5.41) is 11.8. The number of hydrogen-bond acceptors (Lipinski definition) is 8. The second-order valence-corrected chi connectivity index (χ2v) is 10.6. The van der Waals surface area contributed by atoms with E-state index in [0.717, 1.165) is 6.42 Å². The fraction of sp³-hybridized carbons (Fsp3) is 0.344. The van der Waals surface area contributed by atoms with Gasteiger partial charge in [-0.05, 0) is 48.6 Å². The number of imidazole rings is 1. The first-order valence-electron chi connectivity index (χ1n) is 13.9. The first-order valence-corrected chi connectivity index (χ1v) is 13.9. The fourth-order valence-corrected chi connectivity index (χ4v) is 5.13. The van der Waals surface area contributed by atoms with Crippen LogP contribution >= 0.6 is 0 Å². The van der Waals surface area contributed by atoms with Crippen LogP contribution in [0.15, 0.2) is 76.9 Å². The van der Waals surface area contributed by atoms with Gasteiger partial charge in [-0.1, -0.05) is 32.0 Å². The molecular weight excluding hydrogens is 538 g/mol. The number of aliphatic hydroxyl groups is 1. The smallest absolute Gasteiger partial charge is 0.290 e. The number of rotatable bonds is 13. The van der Waals surface area contributed by atoms with Gasteiger partial charge in [-0.25, -0.2) is 4.98 Å². The molecule has 2 aromatic carbocycles. The summed E-state index contributed by atoms with van der Waals surface area (Å²) in [4.78, 5) is 33.0. The van der Waals surface area contributed by atoms with Crippen LogP contribution in [0.2, 0.25) is 0 Å². The Kier molecular flexibility index (Phi) is 8.51. The van der Waals surface area contributed by atoms with Gasteiger partial charge in [0.05, 0.1) is 38.8 Å². The number of carbonyl (C=O) groups is 2. The molecule has 3 heterocycles. The standard InChI is InChI=1S/C32H35N3O7/c1-20(2)11-16-41-23-10-9-21(17-25(23)40-4)28-27(29(36)26-18-22-7-5-8-24(39-3)31(22)42-26)30(37)32(38)35(28)14-6-13-34-15-12-33-19-34/h5,7-10,12,15,17-20,28,37H,6,11,13-14,16H2,1-4H3. The Balaban J connectivity index is 1.51. The molecule has 1 atom stereocenters. The maximum absolute atomic E-state index is 14.0. The van der Waals surface area contributed by atoms with Crippen molar-refractivity contribution in [3.05, 3.63) is 83.8 Å². The number of amides is 1. The highest BCUT2D eigenvalue weighted by molar-refractivity contribution is 6.16. The van der Waals surface area contributed by atoms with E-state index in [9.17, 15) is 14.7 Å². The molecule has 0 aliphatic carbocycles. The van der Waals surface area contributed by atoms with Crippen molar-refractivity contribution in [1.29, 1.82) is 0 Å². The van der Waals surface area contributed by atoms with Crippen molar-refractivity contribution in [3.63, 3.8) is 0 Å². The van der Waals surface area contributed by atoms with Crippen LogP contribution in [0.25, 0.3) is 11.0 Å². The summed E-state index contributed by atoms with van der Waals surface area (Å²) < 4.78 is 24.8. The van der Waals surface area contributed by atoms with Crippen LogP contribution < -0.4 is 14.2 Å². The number of furan rings is 1. The molecule has 42 heavy (non-hydrogen) atoms. The lowest BCUT2D eigenvalue weighted by Gasteiger charge is -2.27. The lowest BCUT2D eigenvalue weighted by molar-refractivity contribution is -0.129. The first kappa shape index (κ1) is 28.8. The molecule has 1 aliphatic heterocycles. The van der Waals surface area contributed by atoms with E-state index >= 15 is 0 Å². The number of aliphatic hydroxyl groups excluding tert-OH is 1. The Morgan fingerprint density at radius 1 is 1.07 bits per heavy atom. The van der Waals surface area contributed by atoms with Gasteiger partial charge in [-0.3, -0.25) is 9.59 Å². The number of Topliss-reactive ketones (excluding diaryl/α,β-unsaturated/α-hetero) is 1. The molecule has 2 aromatic heterocycles. The topological polar surface area (TPSA) is 116 Å². The molecule has 1 amide bonds. The molecule has 0 saturated carbocycles. The number of hydrogen-bond donors (Lipinski definition) is 1. The van der Waals surface area contributed by atoms with Crippen LogP contribution in [-0.4, -0.2) is 58.6 Å². The average Bonchev–Trinajstić information content (AvgIpc) is 3.72. The Hall–Kier alpha value is -4.73. The Morgan fingerprint density at radius 2 is 1.88 bits per heavy atom. The number of aromatic nitrogens is 2. The van der Waals surface area contributed by atoms with Gasteiger partial charge in [0, 0.05) is 30.9 Å². The fourth-order valence-electron chi connectivity index (χ4n) is 5.13. The molecule has 0 saturated heterocycles. The van der Waals surface area contributed by atoms with Crippen molar-refractivity contribution in [1.82, 2.24) is 14.5 Å². The molecular formula is C32H35N3O7. The maximum atomic E-state index is 14.0. The molecule has 4 aromatic rings. The van der Waals surface area contributed by atoms with Gasteiger partial charge in [-0.15, -0.1) is 0 Å². The van der Waals surface area contributed by atoms with Crippen molar-refractivity contribution in [2.75, 3.05) is 27.4 Å². The highest BCUT2D eigenvalue weighted by Gasteiger charge is 2.44. The summed E-state index contributed by atoms with van der Waals surface area (Å²) in [6.07, 6.45) is 6.68. The van der Waals surface area contributed by atoms with Gasteiger partial charge in [0.1, 0.15) is 0 Å². The number of methoxy groups -OCH3 is 2. The number of aryl methyl sites for hydroxylation is 1. The highest BCUT2D eigenvalue weighted by Crippen LogP contribution is 2.42. The molecule has 1 N–H and O–H groups in total. The molecule has 1 unspecified atom stereocenters. The number of para-hydroxylation sites is 1. The Labute approximate surface area is 244 Å². The number of ether oxygens (including phenoxy) is 3. The van der Waals surface area contributed by atoms with Crippen LogP contribution in [0.4, 0.5) is 0 Å². The van der Waals surface area contributed by atoms with Crippen molar-refractivity contribution in [3.8, 4) is 17.2 Å². The number of carbonyl (C=O) groups excluding carboxylic acids is 2. The van der Waals surface area contributed by atoms with E-state index in [2.05, 4.69) is 18.8 Å². The highest BCUT2D eigenvalue weighted by atomic mass is 16.5. The van der Waals surface area contributed by atoms with Crippen molar-refractivity contribution in [2.45, 2.75) is 39.3 Å². The zero-order valence-corrected chi connectivity index (χ0v) is 24.2. The molecule has 0 spiro atoms.